The normalized spacial score (nSPS) is 15.0. The van der Waals surface area contributed by atoms with Crippen LogP contribution in [-0.4, -0.2) is 39.8 Å². The second-order valence-corrected chi connectivity index (χ2v) is 5.59. The quantitative estimate of drug-likeness (QED) is 0.852. The molecule has 1 amide bonds. The molecule has 5 nitrogen and oxygen atoms in total. The molecule has 0 spiro atoms. The van der Waals surface area contributed by atoms with Crippen LogP contribution in [0.3, 0.4) is 0 Å². The maximum Gasteiger partial charge on any atom is 0.223 e. The van der Waals surface area contributed by atoms with Crippen molar-refractivity contribution >= 4 is 11.6 Å². The van der Waals surface area contributed by atoms with E-state index in [2.05, 4.69) is 14.7 Å². The van der Waals surface area contributed by atoms with Crippen molar-refractivity contribution in [3.63, 3.8) is 0 Å². The summed E-state index contributed by atoms with van der Waals surface area (Å²) >= 11 is 0. The van der Waals surface area contributed by atoms with Crippen LogP contribution in [-0.2, 0) is 11.3 Å². The third-order valence-electron chi connectivity index (χ3n) is 4.10. The van der Waals surface area contributed by atoms with Gasteiger partial charge in [-0.15, -0.1) is 0 Å². The zero-order chi connectivity index (χ0) is 14.7. The number of nitrogens with zero attached hydrogens (tertiary/aromatic N) is 3. The van der Waals surface area contributed by atoms with Gasteiger partial charge in [-0.05, 0) is 31.9 Å². The lowest BCUT2D eigenvalue weighted by molar-refractivity contribution is -0.130. The molecule has 0 saturated carbocycles. The standard InChI is InChI=1S/C16H22N4O/c1-13-14(20-11-3-2-6-15(20)18-13)12-17-8-7-16(21)19-9-4-5-10-19/h2-3,6,11,17H,4-5,7-10,12H2,1H3. The third-order valence-corrected chi connectivity index (χ3v) is 4.10. The minimum Gasteiger partial charge on any atom is -0.343 e. The molecule has 0 unspecified atom stereocenters. The Morgan fingerprint density at radius 2 is 2.14 bits per heavy atom. The van der Waals surface area contributed by atoms with E-state index in [1.54, 1.807) is 0 Å². The molecule has 1 aliphatic heterocycles. The van der Waals surface area contributed by atoms with Crippen molar-refractivity contribution in [1.29, 1.82) is 0 Å². The van der Waals surface area contributed by atoms with E-state index in [9.17, 15) is 4.79 Å². The van der Waals surface area contributed by atoms with Crippen LogP contribution in [0.4, 0.5) is 0 Å². The highest BCUT2D eigenvalue weighted by atomic mass is 16.2. The molecule has 2 aromatic heterocycles. The second kappa shape index (κ2) is 6.26. The average Bonchev–Trinajstić information content (AvgIpc) is 3.11. The van der Waals surface area contributed by atoms with E-state index < -0.39 is 0 Å². The molecule has 1 aliphatic rings. The summed E-state index contributed by atoms with van der Waals surface area (Å²) < 4.78 is 2.10. The zero-order valence-corrected chi connectivity index (χ0v) is 12.5. The fourth-order valence-corrected chi connectivity index (χ4v) is 2.90. The molecule has 21 heavy (non-hydrogen) atoms. The molecule has 1 fully saturated rings. The largest absolute Gasteiger partial charge is 0.343 e. The SMILES string of the molecule is Cc1nc2ccccn2c1CNCCC(=O)N1CCCC1. The van der Waals surface area contributed by atoms with Gasteiger partial charge in [-0.25, -0.2) is 4.98 Å². The summed E-state index contributed by atoms with van der Waals surface area (Å²) in [6, 6.07) is 6.01. The van der Waals surface area contributed by atoms with Crippen LogP contribution in [0.5, 0.6) is 0 Å². The van der Waals surface area contributed by atoms with Gasteiger partial charge in [0.2, 0.25) is 5.91 Å². The molecule has 5 heteroatoms. The lowest BCUT2D eigenvalue weighted by atomic mass is 10.3. The second-order valence-electron chi connectivity index (χ2n) is 5.59. The molecule has 0 aromatic carbocycles. The van der Waals surface area contributed by atoms with Crippen molar-refractivity contribution < 1.29 is 4.79 Å². The smallest absolute Gasteiger partial charge is 0.223 e. The van der Waals surface area contributed by atoms with Crippen LogP contribution in [0.25, 0.3) is 5.65 Å². The van der Waals surface area contributed by atoms with Crippen molar-refractivity contribution in [1.82, 2.24) is 19.6 Å². The summed E-state index contributed by atoms with van der Waals surface area (Å²) in [5.41, 5.74) is 3.18. The van der Waals surface area contributed by atoms with E-state index in [0.29, 0.717) is 6.42 Å². The number of carbonyl (C=O) groups excluding carboxylic acids is 1. The maximum absolute atomic E-state index is 12.0. The molecule has 0 radical (unpaired) electrons. The van der Waals surface area contributed by atoms with Crippen molar-refractivity contribution in [2.24, 2.45) is 0 Å². The molecule has 0 aliphatic carbocycles. The Bertz CT molecular complexity index is 628. The van der Waals surface area contributed by atoms with Gasteiger partial charge in [0.1, 0.15) is 5.65 Å². The fourth-order valence-electron chi connectivity index (χ4n) is 2.90. The molecule has 112 valence electrons. The topological polar surface area (TPSA) is 49.6 Å². The summed E-state index contributed by atoms with van der Waals surface area (Å²) in [4.78, 5) is 18.5. The van der Waals surface area contributed by atoms with Crippen LogP contribution in [0.2, 0.25) is 0 Å². The summed E-state index contributed by atoms with van der Waals surface area (Å²) in [6.45, 7) is 5.36. The van der Waals surface area contributed by atoms with E-state index in [-0.39, 0.29) is 5.91 Å². The number of imidazole rings is 1. The summed E-state index contributed by atoms with van der Waals surface area (Å²) in [5.74, 6) is 0.273. The summed E-state index contributed by atoms with van der Waals surface area (Å²) in [7, 11) is 0. The van der Waals surface area contributed by atoms with E-state index in [4.69, 9.17) is 0 Å². The van der Waals surface area contributed by atoms with Gasteiger partial charge in [-0.2, -0.15) is 0 Å². The lowest BCUT2D eigenvalue weighted by Crippen LogP contribution is -2.30. The maximum atomic E-state index is 12.0. The molecular weight excluding hydrogens is 264 g/mol. The van der Waals surface area contributed by atoms with E-state index in [1.807, 2.05) is 36.2 Å². The number of pyridine rings is 1. The van der Waals surface area contributed by atoms with Gasteiger partial charge in [-0.3, -0.25) is 4.79 Å². The molecule has 1 N–H and O–H groups in total. The molecular formula is C16H22N4O. The van der Waals surface area contributed by atoms with Gasteiger partial charge in [0, 0.05) is 38.8 Å². The Morgan fingerprint density at radius 1 is 1.33 bits per heavy atom. The van der Waals surface area contributed by atoms with Crippen LogP contribution < -0.4 is 5.32 Å². The first kappa shape index (κ1) is 14.1. The van der Waals surface area contributed by atoms with Gasteiger partial charge >= 0.3 is 0 Å². The molecule has 0 atom stereocenters. The Kier molecular flexibility index (Phi) is 4.20. The predicted octanol–water partition coefficient (Wildman–Crippen LogP) is 1.74. The van der Waals surface area contributed by atoms with Crippen LogP contribution >= 0.6 is 0 Å². The fraction of sp³-hybridized carbons (Fsp3) is 0.500. The van der Waals surface area contributed by atoms with Crippen molar-refractivity contribution in [2.45, 2.75) is 32.7 Å². The molecule has 3 heterocycles. The predicted molar refractivity (Wildman–Crippen MR) is 82.1 cm³/mol. The Labute approximate surface area is 125 Å². The first-order chi connectivity index (χ1) is 10.3. The van der Waals surface area contributed by atoms with Gasteiger partial charge in [-0.1, -0.05) is 6.07 Å². The van der Waals surface area contributed by atoms with Gasteiger partial charge in [0.05, 0.1) is 11.4 Å². The summed E-state index contributed by atoms with van der Waals surface area (Å²) in [6.07, 6.45) is 4.91. The minimum atomic E-state index is 0.273. The number of rotatable bonds is 5. The van der Waals surface area contributed by atoms with Crippen LogP contribution in [0.1, 0.15) is 30.7 Å². The van der Waals surface area contributed by atoms with Crippen molar-refractivity contribution in [3.05, 3.63) is 35.8 Å². The third kappa shape index (κ3) is 3.08. The molecule has 1 saturated heterocycles. The van der Waals surface area contributed by atoms with E-state index >= 15 is 0 Å². The number of amides is 1. The van der Waals surface area contributed by atoms with Crippen LogP contribution in [0.15, 0.2) is 24.4 Å². The van der Waals surface area contributed by atoms with Crippen molar-refractivity contribution in [2.75, 3.05) is 19.6 Å². The number of nitrogens with one attached hydrogen (secondary N) is 1. The monoisotopic (exact) mass is 286 g/mol. The minimum absolute atomic E-state index is 0.273. The first-order valence-corrected chi connectivity index (χ1v) is 7.67. The number of carbonyl (C=O) groups is 1. The number of hydrogen-bond acceptors (Lipinski definition) is 3. The number of likely N-dealkylation sites (tertiary alicyclic amines) is 1. The van der Waals surface area contributed by atoms with E-state index in [1.165, 1.54) is 5.69 Å². The zero-order valence-electron chi connectivity index (χ0n) is 12.5. The molecule has 2 aromatic rings. The van der Waals surface area contributed by atoms with Crippen LogP contribution in [0, 0.1) is 6.92 Å². The summed E-state index contributed by atoms with van der Waals surface area (Å²) in [5, 5.41) is 3.37. The van der Waals surface area contributed by atoms with Gasteiger partial charge < -0.3 is 14.6 Å². The molecule has 3 rings (SSSR count). The van der Waals surface area contributed by atoms with Gasteiger partial charge in [0.15, 0.2) is 0 Å². The Balaban J connectivity index is 1.52. The van der Waals surface area contributed by atoms with E-state index in [0.717, 1.165) is 50.4 Å². The number of aromatic nitrogens is 2. The average molecular weight is 286 g/mol. The van der Waals surface area contributed by atoms with Gasteiger partial charge in [0.25, 0.3) is 0 Å². The Hall–Kier alpha value is -1.88. The number of hydrogen-bond donors (Lipinski definition) is 1. The first-order valence-electron chi connectivity index (χ1n) is 7.67. The Morgan fingerprint density at radius 3 is 2.95 bits per heavy atom. The highest BCUT2D eigenvalue weighted by molar-refractivity contribution is 5.76. The lowest BCUT2D eigenvalue weighted by Gasteiger charge is -2.15. The van der Waals surface area contributed by atoms with Crippen molar-refractivity contribution in [3.8, 4) is 0 Å². The number of aryl methyl sites for hydroxylation is 1. The number of fused-ring (bicyclic) bond motifs is 1. The highest BCUT2D eigenvalue weighted by Crippen LogP contribution is 2.11. The molecule has 0 bridgehead atoms. The highest BCUT2D eigenvalue weighted by Gasteiger charge is 2.17.